The maximum atomic E-state index is 12.7. The molecule has 132 valence electrons. The Kier molecular flexibility index (Phi) is 4.32. The third-order valence-corrected chi connectivity index (χ3v) is 4.01. The lowest BCUT2D eigenvalue weighted by Crippen LogP contribution is -2.16. The Morgan fingerprint density at radius 3 is 1.52 bits per heavy atom. The molecular formula is C20H15N5O2. The van der Waals surface area contributed by atoms with Crippen molar-refractivity contribution in [2.24, 2.45) is 0 Å². The Morgan fingerprint density at radius 1 is 0.667 bits per heavy atom. The summed E-state index contributed by atoms with van der Waals surface area (Å²) >= 11 is 0. The molecule has 0 amide bonds. The third-order valence-electron chi connectivity index (χ3n) is 4.01. The van der Waals surface area contributed by atoms with Gasteiger partial charge in [0.25, 0.3) is 11.8 Å². The fourth-order valence-corrected chi connectivity index (χ4v) is 2.73. The molecule has 0 radical (unpaired) electrons. The van der Waals surface area contributed by atoms with Crippen LogP contribution in [0.2, 0.25) is 0 Å². The summed E-state index contributed by atoms with van der Waals surface area (Å²) in [5, 5.41) is 11.2. The minimum Gasteiger partial charge on any atom is -0.354 e. The molecule has 4 aromatic rings. The summed E-state index contributed by atoms with van der Waals surface area (Å²) in [5.41, 5.74) is 2.06. The molecule has 0 aliphatic carbocycles. The van der Waals surface area contributed by atoms with Crippen molar-refractivity contribution in [1.29, 1.82) is 0 Å². The van der Waals surface area contributed by atoms with Crippen molar-refractivity contribution < 1.29 is 9.59 Å². The van der Waals surface area contributed by atoms with Gasteiger partial charge >= 0.3 is 0 Å². The molecule has 0 spiro atoms. The fourth-order valence-electron chi connectivity index (χ4n) is 2.73. The maximum absolute atomic E-state index is 12.7. The van der Waals surface area contributed by atoms with Crippen LogP contribution < -0.4 is 5.32 Å². The third kappa shape index (κ3) is 3.25. The highest BCUT2D eigenvalue weighted by molar-refractivity contribution is 6.04. The Bertz CT molecular complexity index is 998. The van der Waals surface area contributed by atoms with Crippen molar-refractivity contribution in [3.63, 3.8) is 0 Å². The Morgan fingerprint density at radius 2 is 1.11 bits per heavy atom. The van der Waals surface area contributed by atoms with E-state index in [-0.39, 0.29) is 11.8 Å². The van der Waals surface area contributed by atoms with Gasteiger partial charge in [0, 0.05) is 24.8 Å². The number of para-hydroxylation sites is 2. The number of anilines is 2. The number of rotatable bonds is 4. The van der Waals surface area contributed by atoms with E-state index in [1.807, 2.05) is 12.1 Å². The second-order valence-electron chi connectivity index (χ2n) is 5.73. The molecule has 0 fully saturated rings. The average Bonchev–Trinajstić information content (AvgIpc) is 3.42. The van der Waals surface area contributed by atoms with Gasteiger partial charge in [-0.05, 0) is 36.4 Å². The highest BCUT2D eigenvalue weighted by Crippen LogP contribution is 2.25. The lowest BCUT2D eigenvalue weighted by molar-refractivity contribution is 0.0939. The molecule has 2 heterocycles. The van der Waals surface area contributed by atoms with Gasteiger partial charge in [0.2, 0.25) is 0 Å². The summed E-state index contributed by atoms with van der Waals surface area (Å²) in [6.45, 7) is 0. The van der Waals surface area contributed by atoms with Gasteiger partial charge in [-0.2, -0.15) is 10.2 Å². The zero-order chi connectivity index (χ0) is 18.6. The number of hydrogen-bond donors (Lipinski definition) is 1. The number of nitrogens with zero attached hydrogens (tertiary/aromatic N) is 4. The molecule has 0 aliphatic rings. The van der Waals surface area contributed by atoms with Crippen LogP contribution >= 0.6 is 0 Å². The van der Waals surface area contributed by atoms with Crippen LogP contribution in [0.4, 0.5) is 11.4 Å². The first-order chi connectivity index (χ1) is 13.2. The zero-order valence-electron chi connectivity index (χ0n) is 14.2. The van der Waals surface area contributed by atoms with Gasteiger partial charge in [0.1, 0.15) is 0 Å². The van der Waals surface area contributed by atoms with Crippen LogP contribution in [0.3, 0.4) is 0 Å². The van der Waals surface area contributed by atoms with Crippen molar-refractivity contribution in [2.45, 2.75) is 0 Å². The summed E-state index contributed by atoms with van der Waals surface area (Å²) in [4.78, 5) is 25.4. The van der Waals surface area contributed by atoms with E-state index >= 15 is 0 Å². The second-order valence-corrected chi connectivity index (χ2v) is 5.73. The number of hydrogen-bond acceptors (Lipinski definition) is 5. The highest BCUT2D eigenvalue weighted by atomic mass is 16.2. The Labute approximate surface area is 154 Å². The largest absolute Gasteiger partial charge is 0.354 e. The smallest absolute Gasteiger partial charge is 0.280 e. The van der Waals surface area contributed by atoms with Gasteiger partial charge in [-0.1, -0.05) is 24.3 Å². The van der Waals surface area contributed by atoms with Crippen molar-refractivity contribution in [2.75, 3.05) is 5.32 Å². The Balaban J connectivity index is 1.70. The first-order valence-corrected chi connectivity index (χ1v) is 8.28. The Hall–Kier alpha value is -4.00. The lowest BCUT2D eigenvalue weighted by Gasteiger charge is -2.14. The first-order valence-electron chi connectivity index (χ1n) is 8.28. The molecule has 7 heteroatoms. The van der Waals surface area contributed by atoms with Crippen LogP contribution in [0.15, 0.2) is 85.5 Å². The molecule has 0 bridgehead atoms. The molecule has 2 aromatic heterocycles. The van der Waals surface area contributed by atoms with Gasteiger partial charge < -0.3 is 5.32 Å². The summed E-state index contributed by atoms with van der Waals surface area (Å²) in [5.74, 6) is -0.530. The molecule has 2 aromatic carbocycles. The minimum atomic E-state index is -0.265. The van der Waals surface area contributed by atoms with E-state index in [1.54, 1.807) is 73.3 Å². The van der Waals surface area contributed by atoms with Crippen molar-refractivity contribution in [3.05, 3.63) is 96.6 Å². The normalized spacial score (nSPS) is 10.5. The topological polar surface area (TPSA) is 81.8 Å². The molecule has 0 saturated carbocycles. The monoisotopic (exact) mass is 357 g/mol. The van der Waals surface area contributed by atoms with Crippen LogP contribution in [-0.4, -0.2) is 31.4 Å². The van der Waals surface area contributed by atoms with Crippen molar-refractivity contribution >= 4 is 23.2 Å². The maximum Gasteiger partial charge on any atom is 0.280 e. The highest BCUT2D eigenvalue weighted by Gasteiger charge is 2.17. The van der Waals surface area contributed by atoms with E-state index in [9.17, 15) is 9.59 Å². The van der Waals surface area contributed by atoms with Gasteiger partial charge in [-0.25, -0.2) is 9.36 Å². The molecule has 0 aliphatic heterocycles. The predicted molar refractivity (Wildman–Crippen MR) is 100 cm³/mol. The lowest BCUT2D eigenvalue weighted by atomic mass is 10.1. The van der Waals surface area contributed by atoms with Gasteiger partial charge in [-0.3, -0.25) is 9.59 Å². The predicted octanol–water partition coefficient (Wildman–Crippen LogP) is 3.20. The van der Waals surface area contributed by atoms with E-state index < -0.39 is 0 Å². The fraction of sp³-hybridized carbons (Fsp3) is 0. The molecule has 4 rings (SSSR count). The van der Waals surface area contributed by atoms with Crippen molar-refractivity contribution in [3.8, 4) is 0 Å². The number of nitrogens with one attached hydrogen (secondary N) is 1. The number of benzene rings is 2. The van der Waals surface area contributed by atoms with E-state index in [4.69, 9.17) is 0 Å². The number of aromatic nitrogens is 4. The number of carbonyl (C=O) groups is 2. The van der Waals surface area contributed by atoms with Crippen molar-refractivity contribution in [1.82, 2.24) is 19.6 Å². The molecule has 27 heavy (non-hydrogen) atoms. The summed E-state index contributed by atoms with van der Waals surface area (Å²) in [6.07, 6.45) is 6.28. The van der Waals surface area contributed by atoms with Gasteiger partial charge in [-0.15, -0.1) is 0 Å². The molecule has 7 nitrogen and oxygen atoms in total. The van der Waals surface area contributed by atoms with E-state index in [0.29, 0.717) is 22.5 Å². The van der Waals surface area contributed by atoms with Crippen LogP contribution in [0.5, 0.6) is 0 Å². The molecular weight excluding hydrogens is 342 g/mol. The first kappa shape index (κ1) is 16.5. The van der Waals surface area contributed by atoms with Crippen LogP contribution in [-0.2, 0) is 0 Å². The van der Waals surface area contributed by atoms with Crippen LogP contribution in [0, 0.1) is 0 Å². The molecule has 0 saturated heterocycles. The summed E-state index contributed by atoms with van der Waals surface area (Å²) in [7, 11) is 0. The molecule has 0 unspecified atom stereocenters. The minimum absolute atomic E-state index is 0.265. The quantitative estimate of drug-likeness (QED) is 0.606. The molecule has 0 atom stereocenters. The average molecular weight is 357 g/mol. The van der Waals surface area contributed by atoms with E-state index in [0.717, 1.165) is 0 Å². The molecule has 1 N–H and O–H groups in total. The number of carbonyl (C=O) groups excluding carboxylic acids is 2. The van der Waals surface area contributed by atoms with Gasteiger partial charge in [0.15, 0.2) is 0 Å². The zero-order valence-corrected chi connectivity index (χ0v) is 14.2. The van der Waals surface area contributed by atoms with Crippen LogP contribution in [0.1, 0.15) is 20.7 Å². The van der Waals surface area contributed by atoms with Crippen LogP contribution in [0.25, 0.3) is 0 Å². The van der Waals surface area contributed by atoms with E-state index in [2.05, 4.69) is 15.5 Å². The standard InChI is InChI=1S/C20H15N5O2/c26-19(24-13-5-11-21-24)15-7-1-3-9-17(15)23-18-10-4-2-8-16(18)20(27)25-14-6-12-22-25/h1-14,23H. The summed E-state index contributed by atoms with van der Waals surface area (Å²) < 4.78 is 2.53. The van der Waals surface area contributed by atoms with Gasteiger partial charge in [0.05, 0.1) is 22.5 Å². The SMILES string of the molecule is O=C(c1ccccc1Nc1ccccc1C(=O)n1cccn1)n1cccn1. The summed E-state index contributed by atoms with van der Waals surface area (Å²) in [6, 6.07) is 17.6. The van der Waals surface area contributed by atoms with E-state index in [1.165, 1.54) is 9.36 Å². The second kappa shape index (κ2) is 7.09.